The van der Waals surface area contributed by atoms with Crippen molar-refractivity contribution in [3.05, 3.63) is 23.9 Å². The van der Waals surface area contributed by atoms with Gasteiger partial charge in [-0.25, -0.2) is 4.98 Å². The predicted molar refractivity (Wildman–Crippen MR) is 60.9 cm³/mol. The van der Waals surface area contributed by atoms with E-state index < -0.39 is 23.5 Å². The number of thiazole rings is 1. The number of amides is 1. The van der Waals surface area contributed by atoms with Crippen molar-refractivity contribution < 1.29 is 18.0 Å². The number of hydrogen-bond acceptors (Lipinski definition) is 5. The number of halogens is 3. The fourth-order valence-corrected chi connectivity index (χ4v) is 2.42. The normalized spacial score (nSPS) is 26.9. The highest BCUT2D eigenvalue weighted by atomic mass is 32.1. The van der Waals surface area contributed by atoms with Gasteiger partial charge in [-0.15, -0.1) is 11.3 Å². The molecular formula is C10H7F3N4OS. The second-order valence-corrected chi connectivity index (χ2v) is 4.70. The van der Waals surface area contributed by atoms with Gasteiger partial charge in [0.2, 0.25) is 5.54 Å². The third-order valence-electron chi connectivity index (χ3n) is 2.73. The topological polar surface area (TPSA) is 77.8 Å². The van der Waals surface area contributed by atoms with E-state index in [2.05, 4.69) is 11.6 Å². The zero-order chi connectivity index (χ0) is 14.3. The second-order valence-electron chi connectivity index (χ2n) is 3.81. The van der Waals surface area contributed by atoms with Gasteiger partial charge in [-0.1, -0.05) is 6.58 Å². The Morgan fingerprint density at radius 1 is 1.63 bits per heavy atom. The molecular weight excluding hydrogens is 281 g/mol. The van der Waals surface area contributed by atoms with Gasteiger partial charge in [0.15, 0.2) is 5.13 Å². The quantitative estimate of drug-likeness (QED) is 0.867. The van der Waals surface area contributed by atoms with Crippen LogP contribution in [0.2, 0.25) is 0 Å². The van der Waals surface area contributed by atoms with E-state index in [0.29, 0.717) is 0 Å². The molecule has 9 heteroatoms. The molecule has 1 amide bonds. The molecule has 2 N–H and O–H groups in total. The summed E-state index contributed by atoms with van der Waals surface area (Å²) in [5.74, 6) is -3.12. The van der Waals surface area contributed by atoms with Crippen LogP contribution in [0, 0.1) is 17.2 Å². The number of carbonyl (C=O) groups excluding carboxylic acids is 1. The number of rotatable bonds is 2. The van der Waals surface area contributed by atoms with Gasteiger partial charge in [0.25, 0.3) is 5.91 Å². The molecule has 1 aromatic rings. The van der Waals surface area contributed by atoms with Gasteiger partial charge in [0.05, 0.1) is 6.07 Å². The number of hydrogen-bond donors (Lipinski definition) is 2. The lowest BCUT2D eigenvalue weighted by molar-refractivity contribution is -0.185. The maximum atomic E-state index is 13.3. The minimum atomic E-state index is -4.97. The molecule has 0 radical (unpaired) electrons. The molecule has 0 spiro atoms. The van der Waals surface area contributed by atoms with Crippen molar-refractivity contribution >= 4 is 22.4 Å². The monoisotopic (exact) mass is 288 g/mol. The Morgan fingerprint density at radius 2 is 2.32 bits per heavy atom. The number of anilines is 1. The summed E-state index contributed by atoms with van der Waals surface area (Å²) >= 11 is 0.899. The van der Waals surface area contributed by atoms with Crippen molar-refractivity contribution in [3.8, 4) is 6.07 Å². The Bertz CT molecular complexity index is 562. The molecule has 1 saturated heterocycles. The molecule has 0 aliphatic carbocycles. The summed E-state index contributed by atoms with van der Waals surface area (Å²) in [6.07, 6.45) is -3.68. The van der Waals surface area contributed by atoms with E-state index in [9.17, 15) is 18.0 Å². The van der Waals surface area contributed by atoms with Crippen LogP contribution in [-0.2, 0) is 4.79 Å². The molecule has 19 heavy (non-hydrogen) atoms. The predicted octanol–water partition coefficient (Wildman–Crippen LogP) is 1.64. The van der Waals surface area contributed by atoms with Crippen molar-refractivity contribution in [1.29, 1.82) is 5.26 Å². The van der Waals surface area contributed by atoms with E-state index in [0.717, 1.165) is 11.3 Å². The molecule has 2 heterocycles. The third-order valence-corrected chi connectivity index (χ3v) is 3.41. The van der Waals surface area contributed by atoms with Crippen LogP contribution in [-0.4, -0.2) is 22.6 Å². The molecule has 0 saturated carbocycles. The van der Waals surface area contributed by atoms with Crippen LogP contribution < -0.4 is 10.6 Å². The van der Waals surface area contributed by atoms with Crippen LogP contribution in [0.5, 0.6) is 0 Å². The largest absolute Gasteiger partial charge is 0.422 e. The van der Waals surface area contributed by atoms with E-state index in [-0.39, 0.29) is 10.8 Å². The SMILES string of the molecule is C=C1NC(=O)[C@](Nc2nccs2)(C(F)(F)F)[C@@H]1C#N. The van der Waals surface area contributed by atoms with Gasteiger partial charge >= 0.3 is 6.18 Å². The van der Waals surface area contributed by atoms with Gasteiger partial charge in [-0.3, -0.25) is 4.79 Å². The summed E-state index contributed by atoms with van der Waals surface area (Å²) in [4.78, 5) is 15.4. The average Bonchev–Trinajstić information content (AvgIpc) is 2.86. The lowest BCUT2D eigenvalue weighted by atomic mass is 9.85. The molecule has 1 aliphatic rings. The average molecular weight is 288 g/mol. The number of aromatic nitrogens is 1. The highest BCUT2D eigenvalue weighted by Gasteiger charge is 2.69. The first-order chi connectivity index (χ1) is 8.83. The Labute approximate surface area is 109 Å². The van der Waals surface area contributed by atoms with Gasteiger partial charge in [-0.05, 0) is 0 Å². The second kappa shape index (κ2) is 4.24. The van der Waals surface area contributed by atoms with E-state index in [1.807, 2.05) is 10.6 Å². The number of nitrogens with one attached hydrogen (secondary N) is 2. The summed E-state index contributed by atoms with van der Waals surface area (Å²) in [5, 5.41) is 14.3. The maximum absolute atomic E-state index is 13.3. The van der Waals surface area contributed by atoms with Gasteiger partial charge in [0, 0.05) is 17.3 Å². The minimum absolute atomic E-state index is 0.0950. The zero-order valence-corrected chi connectivity index (χ0v) is 10.1. The summed E-state index contributed by atoms with van der Waals surface area (Å²) in [6.45, 7) is 3.28. The van der Waals surface area contributed by atoms with Gasteiger partial charge < -0.3 is 10.6 Å². The van der Waals surface area contributed by atoms with Crippen LogP contribution in [0.3, 0.4) is 0 Å². The first-order valence-electron chi connectivity index (χ1n) is 4.97. The van der Waals surface area contributed by atoms with Gasteiger partial charge in [-0.2, -0.15) is 18.4 Å². The Balaban J connectivity index is 2.55. The molecule has 1 aromatic heterocycles. The standard InChI is InChI=1S/C10H7F3N4OS/c1-5-6(4-14)9(7(18)16-5,10(11,12)13)17-8-15-2-3-19-8/h2-3,6H,1H2,(H,15,17)(H,16,18)/t6-,9+/m1/s1. The molecule has 100 valence electrons. The highest BCUT2D eigenvalue weighted by Crippen LogP contribution is 2.45. The Morgan fingerprint density at radius 3 is 2.79 bits per heavy atom. The van der Waals surface area contributed by atoms with Crippen molar-refractivity contribution in [3.63, 3.8) is 0 Å². The van der Waals surface area contributed by atoms with Crippen molar-refractivity contribution in [1.82, 2.24) is 10.3 Å². The lowest BCUT2D eigenvalue weighted by Crippen LogP contribution is -2.60. The number of nitrogens with zero attached hydrogens (tertiary/aromatic N) is 2. The number of carbonyl (C=O) groups is 1. The van der Waals surface area contributed by atoms with Crippen LogP contribution in [0.15, 0.2) is 23.9 Å². The first kappa shape index (κ1) is 13.4. The number of nitriles is 1. The van der Waals surface area contributed by atoms with E-state index >= 15 is 0 Å². The molecule has 1 aliphatic heterocycles. The fraction of sp³-hybridized carbons (Fsp3) is 0.300. The summed E-state index contributed by atoms with van der Waals surface area (Å²) in [6, 6.07) is 1.47. The van der Waals surface area contributed by atoms with E-state index in [1.54, 1.807) is 0 Å². The smallest absolute Gasteiger partial charge is 0.338 e. The van der Waals surface area contributed by atoms with Crippen molar-refractivity contribution in [2.24, 2.45) is 5.92 Å². The molecule has 0 aromatic carbocycles. The summed E-state index contributed by atoms with van der Waals surface area (Å²) < 4.78 is 40.0. The van der Waals surface area contributed by atoms with Crippen LogP contribution in [0.4, 0.5) is 18.3 Å². The first-order valence-corrected chi connectivity index (χ1v) is 5.85. The van der Waals surface area contributed by atoms with Crippen molar-refractivity contribution in [2.75, 3.05) is 5.32 Å². The molecule has 0 unspecified atom stereocenters. The minimum Gasteiger partial charge on any atom is -0.338 e. The summed E-state index contributed by atoms with van der Waals surface area (Å²) in [5.41, 5.74) is -3.34. The fourth-order valence-electron chi connectivity index (χ4n) is 1.83. The molecule has 1 fully saturated rings. The van der Waals surface area contributed by atoms with Crippen molar-refractivity contribution in [2.45, 2.75) is 11.7 Å². The molecule has 0 bridgehead atoms. The Hall–Kier alpha value is -2.08. The summed E-state index contributed by atoms with van der Waals surface area (Å²) in [7, 11) is 0. The van der Waals surface area contributed by atoms with E-state index in [4.69, 9.17) is 5.26 Å². The molecule has 5 nitrogen and oxygen atoms in total. The number of alkyl halides is 3. The van der Waals surface area contributed by atoms with Crippen LogP contribution >= 0.6 is 11.3 Å². The van der Waals surface area contributed by atoms with Gasteiger partial charge in [0.1, 0.15) is 5.92 Å². The zero-order valence-electron chi connectivity index (χ0n) is 9.28. The third kappa shape index (κ3) is 1.84. The maximum Gasteiger partial charge on any atom is 0.422 e. The lowest BCUT2D eigenvalue weighted by Gasteiger charge is -2.31. The molecule has 2 rings (SSSR count). The van der Waals surface area contributed by atoms with Crippen LogP contribution in [0.1, 0.15) is 0 Å². The Kier molecular flexibility index (Phi) is 2.98. The van der Waals surface area contributed by atoms with E-state index in [1.165, 1.54) is 17.6 Å². The molecule has 2 atom stereocenters. The van der Waals surface area contributed by atoms with Crippen LogP contribution in [0.25, 0.3) is 0 Å². The highest BCUT2D eigenvalue weighted by molar-refractivity contribution is 7.13.